The van der Waals surface area contributed by atoms with Crippen LogP contribution in [-0.2, 0) is 0 Å². The van der Waals surface area contributed by atoms with Crippen molar-refractivity contribution in [2.24, 2.45) is 11.7 Å². The SMILES string of the molecule is Cc1ccc(F)cc1[C@@H](N)C1CCC1.Cl. The van der Waals surface area contributed by atoms with Crippen LogP contribution < -0.4 is 5.73 Å². The molecule has 0 aliphatic heterocycles. The molecule has 1 aromatic rings. The summed E-state index contributed by atoms with van der Waals surface area (Å²) in [7, 11) is 0. The summed E-state index contributed by atoms with van der Waals surface area (Å²) in [5, 5.41) is 0. The third kappa shape index (κ3) is 2.50. The molecule has 1 nitrogen and oxygen atoms in total. The van der Waals surface area contributed by atoms with Gasteiger partial charge in [0.1, 0.15) is 5.82 Å². The molecule has 0 heterocycles. The van der Waals surface area contributed by atoms with E-state index in [1.54, 1.807) is 6.07 Å². The van der Waals surface area contributed by atoms with E-state index in [0.717, 1.165) is 11.1 Å². The van der Waals surface area contributed by atoms with Gasteiger partial charge in [0, 0.05) is 6.04 Å². The Hall–Kier alpha value is -0.600. The lowest BCUT2D eigenvalue weighted by Crippen LogP contribution is -2.27. The average molecular weight is 230 g/mol. The van der Waals surface area contributed by atoms with Crippen molar-refractivity contribution in [1.82, 2.24) is 0 Å². The van der Waals surface area contributed by atoms with Crippen LogP contribution in [0.4, 0.5) is 4.39 Å². The van der Waals surface area contributed by atoms with Crippen molar-refractivity contribution in [2.75, 3.05) is 0 Å². The summed E-state index contributed by atoms with van der Waals surface area (Å²) in [6.07, 6.45) is 3.65. The normalized spacial score (nSPS) is 17.8. The monoisotopic (exact) mass is 229 g/mol. The zero-order valence-electron chi connectivity index (χ0n) is 8.87. The lowest BCUT2D eigenvalue weighted by atomic mass is 9.77. The topological polar surface area (TPSA) is 26.0 Å². The van der Waals surface area contributed by atoms with Crippen LogP contribution in [0.15, 0.2) is 18.2 Å². The Morgan fingerprint density at radius 1 is 1.40 bits per heavy atom. The highest BCUT2D eigenvalue weighted by atomic mass is 35.5. The first-order chi connectivity index (χ1) is 6.68. The molecule has 0 radical (unpaired) electrons. The van der Waals surface area contributed by atoms with Gasteiger partial charge in [0.15, 0.2) is 0 Å². The molecule has 2 rings (SSSR count). The van der Waals surface area contributed by atoms with E-state index in [1.807, 2.05) is 13.0 Å². The number of aryl methyl sites for hydroxylation is 1. The molecule has 1 fully saturated rings. The minimum atomic E-state index is -0.180. The molecule has 84 valence electrons. The number of nitrogens with two attached hydrogens (primary N) is 1. The predicted molar refractivity (Wildman–Crippen MR) is 62.7 cm³/mol. The molecule has 1 saturated carbocycles. The lowest BCUT2D eigenvalue weighted by molar-refractivity contribution is 0.263. The first-order valence-electron chi connectivity index (χ1n) is 5.20. The van der Waals surface area contributed by atoms with E-state index in [9.17, 15) is 4.39 Å². The molecule has 15 heavy (non-hydrogen) atoms. The fourth-order valence-corrected chi connectivity index (χ4v) is 2.02. The average Bonchev–Trinajstić information content (AvgIpc) is 2.06. The van der Waals surface area contributed by atoms with Gasteiger partial charge in [-0.05, 0) is 48.9 Å². The van der Waals surface area contributed by atoms with Gasteiger partial charge < -0.3 is 5.73 Å². The molecule has 3 heteroatoms. The van der Waals surface area contributed by atoms with Gasteiger partial charge >= 0.3 is 0 Å². The number of hydrogen-bond donors (Lipinski definition) is 1. The minimum Gasteiger partial charge on any atom is -0.324 e. The zero-order valence-corrected chi connectivity index (χ0v) is 9.69. The number of benzene rings is 1. The fourth-order valence-electron chi connectivity index (χ4n) is 2.02. The lowest BCUT2D eigenvalue weighted by Gasteiger charge is -2.32. The van der Waals surface area contributed by atoms with E-state index in [-0.39, 0.29) is 24.3 Å². The van der Waals surface area contributed by atoms with Gasteiger partial charge in [0.05, 0.1) is 0 Å². The van der Waals surface area contributed by atoms with Gasteiger partial charge in [-0.2, -0.15) is 0 Å². The molecule has 0 unspecified atom stereocenters. The number of hydrogen-bond acceptors (Lipinski definition) is 1. The Balaban J connectivity index is 0.00000112. The van der Waals surface area contributed by atoms with Gasteiger partial charge in [0.25, 0.3) is 0 Å². The maximum absolute atomic E-state index is 13.0. The van der Waals surface area contributed by atoms with Crippen LogP contribution in [-0.4, -0.2) is 0 Å². The Kier molecular flexibility index (Phi) is 4.12. The molecule has 1 aliphatic rings. The van der Waals surface area contributed by atoms with E-state index in [4.69, 9.17) is 5.73 Å². The van der Waals surface area contributed by atoms with Crippen molar-refractivity contribution in [3.8, 4) is 0 Å². The molecule has 0 saturated heterocycles. The standard InChI is InChI=1S/C12H16FN.ClH/c1-8-5-6-10(13)7-11(8)12(14)9-3-2-4-9;/h5-7,9,12H,2-4,14H2,1H3;1H/t12-;/m0./s1. The first kappa shape index (κ1) is 12.5. The molecule has 0 spiro atoms. The van der Waals surface area contributed by atoms with Crippen molar-refractivity contribution in [1.29, 1.82) is 0 Å². The van der Waals surface area contributed by atoms with Gasteiger partial charge in [-0.3, -0.25) is 0 Å². The Morgan fingerprint density at radius 2 is 2.07 bits per heavy atom. The molecule has 1 aliphatic carbocycles. The van der Waals surface area contributed by atoms with E-state index in [0.29, 0.717) is 5.92 Å². The van der Waals surface area contributed by atoms with E-state index < -0.39 is 0 Å². The van der Waals surface area contributed by atoms with Crippen LogP contribution in [0.25, 0.3) is 0 Å². The summed E-state index contributed by atoms with van der Waals surface area (Å²) in [5.41, 5.74) is 8.19. The Morgan fingerprint density at radius 3 is 2.60 bits per heavy atom. The highest BCUT2D eigenvalue weighted by Crippen LogP contribution is 2.37. The summed E-state index contributed by atoms with van der Waals surface area (Å²) >= 11 is 0. The molecular weight excluding hydrogens is 213 g/mol. The number of halogens is 2. The van der Waals surface area contributed by atoms with Gasteiger partial charge in [0.2, 0.25) is 0 Å². The van der Waals surface area contributed by atoms with Crippen molar-refractivity contribution < 1.29 is 4.39 Å². The second-order valence-electron chi connectivity index (χ2n) is 4.22. The van der Waals surface area contributed by atoms with Crippen LogP contribution in [0.1, 0.15) is 36.4 Å². The largest absolute Gasteiger partial charge is 0.324 e. The molecule has 0 aromatic heterocycles. The van der Waals surface area contributed by atoms with E-state index in [2.05, 4.69) is 0 Å². The molecule has 0 amide bonds. The van der Waals surface area contributed by atoms with E-state index >= 15 is 0 Å². The summed E-state index contributed by atoms with van der Waals surface area (Å²) < 4.78 is 13.0. The summed E-state index contributed by atoms with van der Waals surface area (Å²) in [5.74, 6) is 0.385. The second-order valence-corrected chi connectivity index (χ2v) is 4.22. The van der Waals surface area contributed by atoms with Crippen LogP contribution in [0, 0.1) is 18.7 Å². The quantitative estimate of drug-likeness (QED) is 0.827. The van der Waals surface area contributed by atoms with Crippen LogP contribution in [0.5, 0.6) is 0 Å². The highest BCUT2D eigenvalue weighted by molar-refractivity contribution is 5.85. The zero-order chi connectivity index (χ0) is 10.1. The molecule has 2 N–H and O–H groups in total. The van der Waals surface area contributed by atoms with Crippen molar-refractivity contribution in [3.05, 3.63) is 35.1 Å². The minimum absolute atomic E-state index is 0. The molecular formula is C12H17ClFN. The van der Waals surface area contributed by atoms with Gasteiger partial charge in [-0.25, -0.2) is 4.39 Å². The second kappa shape index (κ2) is 4.95. The fraction of sp³-hybridized carbons (Fsp3) is 0.500. The van der Waals surface area contributed by atoms with E-state index in [1.165, 1.54) is 25.3 Å². The number of rotatable bonds is 2. The Bertz CT molecular complexity index is 336. The summed E-state index contributed by atoms with van der Waals surface area (Å²) in [4.78, 5) is 0. The highest BCUT2D eigenvalue weighted by Gasteiger charge is 2.26. The maximum Gasteiger partial charge on any atom is 0.123 e. The third-order valence-corrected chi connectivity index (χ3v) is 3.26. The van der Waals surface area contributed by atoms with Gasteiger partial charge in [-0.1, -0.05) is 12.5 Å². The maximum atomic E-state index is 13.0. The van der Waals surface area contributed by atoms with Crippen LogP contribution in [0.3, 0.4) is 0 Å². The van der Waals surface area contributed by atoms with Crippen LogP contribution in [0.2, 0.25) is 0 Å². The van der Waals surface area contributed by atoms with Crippen molar-refractivity contribution in [3.63, 3.8) is 0 Å². The van der Waals surface area contributed by atoms with Crippen molar-refractivity contribution >= 4 is 12.4 Å². The molecule has 1 atom stereocenters. The van der Waals surface area contributed by atoms with Crippen LogP contribution >= 0.6 is 12.4 Å². The van der Waals surface area contributed by atoms with Crippen molar-refractivity contribution in [2.45, 2.75) is 32.2 Å². The predicted octanol–water partition coefficient (Wildman–Crippen LogP) is 3.36. The smallest absolute Gasteiger partial charge is 0.123 e. The third-order valence-electron chi connectivity index (χ3n) is 3.26. The Labute approximate surface area is 96.3 Å². The molecule has 1 aromatic carbocycles. The first-order valence-corrected chi connectivity index (χ1v) is 5.20. The summed E-state index contributed by atoms with van der Waals surface area (Å²) in [6, 6.07) is 4.91. The summed E-state index contributed by atoms with van der Waals surface area (Å²) in [6.45, 7) is 1.99. The van der Waals surface area contributed by atoms with Gasteiger partial charge in [-0.15, -0.1) is 12.4 Å². The molecule has 0 bridgehead atoms.